The van der Waals surface area contributed by atoms with Gasteiger partial charge in [0.15, 0.2) is 0 Å². The lowest BCUT2D eigenvalue weighted by molar-refractivity contribution is -0.147. The summed E-state index contributed by atoms with van der Waals surface area (Å²) in [7, 11) is 1.28. The van der Waals surface area contributed by atoms with Crippen LogP contribution in [0.15, 0.2) is 12.2 Å². The Balaban J connectivity index is 4.34. The minimum atomic E-state index is -0.559. The lowest BCUT2D eigenvalue weighted by Crippen LogP contribution is -2.24. The fraction of sp³-hybridized carbons (Fsp3) is 0.667. The fourth-order valence-corrected chi connectivity index (χ4v) is 1.35. The largest absolute Gasteiger partial charge is 0.466 e. The van der Waals surface area contributed by atoms with Gasteiger partial charge in [0.1, 0.15) is 6.10 Å². The van der Waals surface area contributed by atoms with Crippen molar-refractivity contribution in [1.82, 2.24) is 0 Å². The Morgan fingerprint density at radius 3 is 2.38 bits per heavy atom. The van der Waals surface area contributed by atoms with Gasteiger partial charge in [-0.1, -0.05) is 26.3 Å². The third-order valence-corrected chi connectivity index (χ3v) is 2.21. The van der Waals surface area contributed by atoms with Gasteiger partial charge in [0.25, 0.3) is 0 Å². The summed E-state index contributed by atoms with van der Waals surface area (Å²) in [5.41, 5.74) is 0.203. The van der Waals surface area contributed by atoms with Crippen LogP contribution >= 0.6 is 0 Å². The highest BCUT2D eigenvalue weighted by Gasteiger charge is 2.21. The first-order chi connectivity index (χ1) is 7.52. The van der Waals surface area contributed by atoms with Crippen molar-refractivity contribution in [1.29, 1.82) is 0 Å². The van der Waals surface area contributed by atoms with Crippen molar-refractivity contribution in [3.63, 3.8) is 0 Å². The molecule has 0 amide bonds. The number of carbonyl (C=O) groups excluding carboxylic acids is 2. The number of methoxy groups -OCH3 is 1. The van der Waals surface area contributed by atoms with E-state index in [1.165, 1.54) is 14.0 Å². The van der Waals surface area contributed by atoms with Gasteiger partial charge in [-0.25, -0.2) is 4.79 Å². The number of esters is 2. The molecule has 0 saturated heterocycles. The third kappa shape index (κ3) is 5.53. The van der Waals surface area contributed by atoms with Crippen molar-refractivity contribution in [2.75, 3.05) is 7.11 Å². The van der Waals surface area contributed by atoms with Gasteiger partial charge in [0, 0.05) is 6.92 Å². The molecule has 1 unspecified atom stereocenters. The van der Waals surface area contributed by atoms with Crippen molar-refractivity contribution >= 4 is 11.9 Å². The molecule has 4 heteroatoms. The highest BCUT2D eigenvalue weighted by atomic mass is 16.6. The molecule has 4 nitrogen and oxygen atoms in total. The monoisotopic (exact) mass is 228 g/mol. The Bertz CT molecular complexity index is 258. The molecule has 0 N–H and O–H groups in total. The van der Waals surface area contributed by atoms with E-state index in [1.54, 1.807) is 0 Å². The second-order valence-electron chi connectivity index (χ2n) is 3.61. The molecule has 0 spiro atoms. The molecule has 0 aromatic carbocycles. The fourth-order valence-electron chi connectivity index (χ4n) is 1.35. The maximum atomic E-state index is 11.3. The van der Waals surface area contributed by atoms with Gasteiger partial charge in [0.05, 0.1) is 12.7 Å². The zero-order valence-electron chi connectivity index (χ0n) is 10.2. The van der Waals surface area contributed by atoms with Crippen LogP contribution in [0.5, 0.6) is 0 Å². The predicted octanol–water partition coefficient (Wildman–Crippen LogP) is 2.23. The Kier molecular flexibility index (Phi) is 7.25. The molecule has 16 heavy (non-hydrogen) atoms. The van der Waals surface area contributed by atoms with Crippen LogP contribution in [0.25, 0.3) is 0 Å². The average Bonchev–Trinajstić information content (AvgIpc) is 2.25. The molecule has 0 aromatic rings. The molecular weight excluding hydrogens is 208 g/mol. The minimum absolute atomic E-state index is 0.203. The molecule has 0 rings (SSSR count). The molecule has 0 bridgehead atoms. The van der Waals surface area contributed by atoms with Crippen LogP contribution in [0.1, 0.15) is 39.5 Å². The van der Waals surface area contributed by atoms with E-state index in [1.807, 2.05) is 0 Å². The first-order valence-corrected chi connectivity index (χ1v) is 5.47. The van der Waals surface area contributed by atoms with Crippen LogP contribution in [0.3, 0.4) is 0 Å². The quantitative estimate of drug-likeness (QED) is 0.381. The zero-order valence-corrected chi connectivity index (χ0v) is 10.2. The Hall–Kier alpha value is -1.32. The molecule has 0 aliphatic rings. The number of carbonyl (C=O) groups is 2. The lowest BCUT2D eigenvalue weighted by atomic mass is 10.0. The summed E-state index contributed by atoms with van der Waals surface area (Å²) < 4.78 is 9.59. The average molecular weight is 228 g/mol. The zero-order chi connectivity index (χ0) is 12.6. The molecule has 0 aliphatic heterocycles. The summed E-state index contributed by atoms with van der Waals surface area (Å²) in [6, 6.07) is 0. The molecule has 92 valence electrons. The molecule has 0 fully saturated rings. The standard InChI is InChI=1S/C12H20O4/c1-5-6-7-8-11(16-10(3)13)9(2)12(14)15-4/h11H,2,5-8H2,1,3-4H3. The van der Waals surface area contributed by atoms with Crippen molar-refractivity contribution < 1.29 is 19.1 Å². The van der Waals surface area contributed by atoms with Crippen LogP contribution in [0.4, 0.5) is 0 Å². The summed E-state index contributed by atoms with van der Waals surface area (Å²) in [5, 5.41) is 0. The smallest absolute Gasteiger partial charge is 0.336 e. The van der Waals surface area contributed by atoms with E-state index >= 15 is 0 Å². The van der Waals surface area contributed by atoms with E-state index in [4.69, 9.17) is 4.74 Å². The first-order valence-electron chi connectivity index (χ1n) is 5.47. The van der Waals surface area contributed by atoms with Gasteiger partial charge in [0.2, 0.25) is 0 Å². The molecule has 0 heterocycles. The first kappa shape index (κ1) is 14.7. The number of unbranched alkanes of at least 4 members (excludes halogenated alkanes) is 2. The van der Waals surface area contributed by atoms with Gasteiger partial charge in [-0.3, -0.25) is 4.79 Å². The van der Waals surface area contributed by atoms with Crippen molar-refractivity contribution in [2.24, 2.45) is 0 Å². The van der Waals surface area contributed by atoms with Crippen LogP contribution in [0, 0.1) is 0 Å². The van der Waals surface area contributed by atoms with Gasteiger partial charge >= 0.3 is 11.9 Å². The molecule has 0 aromatic heterocycles. The summed E-state index contributed by atoms with van der Waals surface area (Å²) in [6.45, 7) is 7.00. The van der Waals surface area contributed by atoms with Crippen molar-refractivity contribution in [3.05, 3.63) is 12.2 Å². The Labute approximate surface area is 96.6 Å². The van der Waals surface area contributed by atoms with Crippen LogP contribution in [-0.2, 0) is 19.1 Å². The highest BCUT2D eigenvalue weighted by molar-refractivity contribution is 5.89. The van der Waals surface area contributed by atoms with E-state index < -0.39 is 18.0 Å². The Morgan fingerprint density at radius 1 is 1.31 bits per heavy atom. The second-order valence-corrected chi connectivity index (χ2v) is 3.61. The van der Waals surface area contributed by atoms with Gasteiger partial charge < -0.3 is 9.47 Å². The van der Waals surface area contributed by atoms with Crippen LogP contribution in [0.2, 0.25) is 0 Å². The molecule has 0 radical (unpaired) electrons. The summed E-state index contributed by atoms with van der Waals surface area (Å²) in [6.07, 6.45) is 3.05. The van der Waals surface area contributed by atoms with Crippen molar-refractivity contribution in [2.45, 2.75) is 45.6 Å². The normalized spacial score (nSPS) is 11.7. The summed E-state index contributed by atoms with van der Waals surface area (Å²) >= 11 is 0. The van der Waals surface area contributed by atoms with Crippen LogP contribution in [-0.4, -0.2) is 25.2 Å². The minimum Gasteiger partial charge on any atom is -0.466 e. The maximum absolute atomic E-state index is 11.3. The predicted molar refractivity (Wildman–Crippen MR) is 60.9 cm³/mol. The van der Waals surface area contributed by atoms with E-state index in [-0.39, 0.29) is 5.57 Å². The van der Waals surface area contributed by atoms with Gasteiger partial charge in [-0.15, -0.1) is 0 Å². The number of ether oxygens (including phenoxy) is 2. The molecule has 0 saturated carbocycles. The highest BCUT2D eigenvalue weighted by Crippen LogP contribution is 2.15. The number of hydrogen-bond donors (Lipinski definition) is 0. The third-order valence-electron chi connectivity index (χ3n) is 2.21. The van der Waals surface area contributed by atoms with Gasteiger partial charge in [-0.2, -0.15) is 0 Å². The molecular formula is C12H20O4. The number of hydrogen-bond acceptors (Lipinski definition) is 4. The topological polar surface area (TPSA) is 52.6 Å². The summed E-state index contributed by atoms with van der Waals surface area (Å²) in [4.78, 5) is 22.1. The molecule has 0 aliphatic carbocycles. The van der Waals surface area contributed by atoms with Crippen molar-refractivity contribution in [3.8, 4) is 0 Å². The van der Waals surface area contributed by atoms with E-state index in [2.05, 4.69) is 18.2 Å². The van der Waals surface area contributed by atoms with Gasteiger partial charge in [-0.05, 0) is 12.8 Å². The maximum Gasteiger partial charge on any atom is 0.336 e. The van der Waals surface area contributed by atoms with Crippen LogP contribution < -0.4 is 0 Å². The SMILES string of the molecule is C=C(C(=O)OC)C(CCCCC)OC(C)=O. The van der Waals surface area contributed by atoms with E-state index in [0.29, 0.717) is 6.42 Å². The second kappa shape index (κ2) is 7.91. The molecule has 1 atom stereocenters. The van der Waals surface area contributed by atoms with E-state index in [9.17, 15) is 9.59 Å². The summed E-state index contributed by atoms with van der Waals surface area (Å²) in [5.74, 6) is -0.936. The number of rotatable bonds is 7. The van der Waals surface area contributed by atoms with E-state index in [0.717, 1.165) is 19.3 Å². The Morgan fingerprint density at radius 2 is 1.94 bits per heavy atom. The lowest BCUT2D eigenvalue weighted by Gasteiger charge is -2.17.